The normalized spacial score (nSPS) is 11.1. The Morgan fingerprint density at radius 2 is 2.14 bits per heavy atom. The van der Waals surface area contributed by atoms with Crippen molar-refractivity contribution in [2.75, 3.05) is 5.32 Å². The molecule has 8 heteroatoms. The van der Waals surface area contributed by atoms with Crippen molar-refractivity contribution in [1.29, 1.82) is 0 Å². The first-order valence-electron chi connectivity index (χ1n) is 3.29. The lowest BCUT2D eigenvalue weighted by Gasteiger charge is -2.05. The second-order valence-corrected chi connectivity index (χ2v) is 2.26. The summed E-state index contributed by atoms with van der Waals surface area (Å²) in [5.74, 6) is 0. The third kappa shape index (κ3) is 2.57. The molecule has 0 aliphatic carbocycles. The SMILES string of the molecule is O=C(O)Nc1cnnc(C(F)(F)F)c1. The van der Waals surface area contributed by atoms with Gasteiger partial charge in [0.2, 0.25) is 0 Å². The summed E-state index contributed by atoms with van der Waals surface area (Å²) in [6, 6.07) is 0.557. The van der Waals surface area contributed by atoms with Crippen molar-refractivity contribution in [3.8, 4) is 0 Å². The first-order chi connectivity index (χ1) is 6.39. The van der Waals surface area contributed by atoms with Crippen molar-refractivity contribution in [1.82, 2.24) is 10.2 Å². The number of alkyl halides is 3. The lowest BCUT2D eigenvalue weighted by molar-refractivity contribution is -0.141. The van der Waals surface area contributed by atoms with E-state index < -0.39 is 18.0 Å². The van der Waals surface area contributed by atoms with Crippen molar-refractivity contribution >= 4 is 11.8 Å². The third-order valence-corrected chi connectivity index (χ3v) is 1.20. The molecule has 0 atom stereocenters. The smallest absolute Gasteiger partial charge is 0.435 e. The zero-order chi connectivity index (χ0) is 10.8. The third-order valence-electron chi connectivity index (χ3n) is 1.20. The van der Waals surface area contributed by atoms with Gasteiger partial charge in [-0.05, 0) is 6.07 Å². The largest absolute Gasteiger partial charge is 0.465 e. The van der Waals surface area contributed by atoms with Crippen LogP contribution in [0.3, 0.4) is 0 Å². The predicted octanol–water partition coefficient (Wildman–Crippen LogP) is 1.59. The molecule has 0 aliphatic heterocycles. The average Bonchev–Trinajstić information content (AvgIpc) is 2.01. The minimum Gasteiger partial charge on any atom is -0.465 e. The van der Waals surface area contributed by atoms with E-state index in [-0.39, 0.29) is 5.69 Å². The first-order valence-corrected chi connectivity index (χ1v) is 3.29. The molecule has 5 nitrogen and oxygen atoms in total. The van der Waals surface area contributed by atoms with Crippen LogP contribution in [-0.4, -0.2) is 21.4 Å². The molecule has 0 spiro atoms. The van der Waals surface area contributed by atoms with Crippen LogP contribution < -0.4 is 5.32 Å². The van der Waals surface area contributed by atoms with E-state index in [4.69, 9.17) is 5.11 Å². The van der Waals surface area contributed by atoms with Crippen LogP contribution in [0.1, 0.15) is 5.69 Å². The molecular weight excluding hydrogens is 203 g/mol. The molecule has 1 aromatic heterocycles. The number of hydrogen-bond acceptors (Lipinski definition) is 3. The molecule has 0 unspecified atom stereocenters. The van der Waals surface area contributed by atoms with E-state index in [9.17, 15) is 18.0 Å². The molecule has 14 heavy (non-hydrogen) atoms. The van der Waals surface area contributed by atoms with Gasteiger partial charge in [-0.1, -0.05) is 0 Å². The lowest BCUT2D eigenvalue weighted by atomic mass is 10.3. The topological polar surface area (TPSA) is 75.1 Å². The molecule has 1 amide bonds. The molecule has 0 radical (unpaired) electrons. The van der Waals surface area contributed by atoms with E-state index in [1.807, 2.05) is 0 Å². The monoisotopic (exact) mass is 207 g/mol. The van der Waals surface area contributed by atoms with E-state index in [0.29, 0.717) is 6.07 Å². The second kappa shape index (κ2) is 3.48. The van der Waals surface area contributed by atoms with Crippen LogP contribution in [0.4, 0.5) is 23.7 Å². The van der Waals surface area contributed by atoms with Crippen molar-refractivity contribution in [2.24, 2.45) is 0 Å². The highest BCUT2D eigenvalue weighted by Crippen LogP contribution is 2.28. The van der Waals surface area contributed by atoms with Gasteiger partial charge in [-0.25, -0.2) is 4.79 Å². The molecule has 76 valence electrons. The van der Waals surface area contributed by atoms with E-state index >= 15 is 0 Å². The van der Waals surface area contributed by atoms with E-state index in [1.165, 1.54) is 0 Å². The van der Waals surface area contributed by atoms with Crippen LogP contribution in [0.2, 0.25) is 0 Å². The van der Waals surface area contributed by atoms with Gasteiger partial charge in [0.25, 0.3) is 0 Å². The van der Waals surface area contributed by atoms with Crippen LogP contribution >= 0.6 is 0 Å². The van der Waals surface area contributed by atoms with Gasteiger partial charge in [0.1, 0.15) is 0 Å². The number of carboxylic acid groups (broad SMARTS) is 1. The molecule has 1 aromatic rings. The van der Waals surface area contributed by atoms with Crippen LogP contribution in [0.15, 0.2) is 12.3 Å². The molecule has 1 heterocycles. The molecular formula is C6H4F3N3O2. The minimum atomic E-state index is -4.64. The van der Waals surface area contributed by atoms with Gasteiger partial charge < -0.3 is 5.11 Å². The van der Waals surface area contributed by atoms with Gasteiger partial charge in [0.05, 0.1) is 11.9 Å². The summed E-state index contributed by atoms with van der Waals surface area (Å²) >= 11 is 0. The Bertz CT molecular complexity index is 352. The molecule has 0 fully saturated rings. The summed E-state index contributed by atoms with van der Waals surface area (Å²) in [4.78, 5) is 10.1. The highest BCUT2D eigenvalue weighted by Gasteiger charge is 2.33. The lowest BCUT2D eigenvalue weighted by Crippen LogP contribution is -2.12. The van der Waals surface area contributed by atoms with Gasteiger partial charge in [-0.2, -0.15) is 18.3 Å². The number of carbonyl (C=O) groups is 1. The van der Waals surface area contributed by atoms with E-state index in [0.717, 1.165) is 6.20 Å². The Morgan fingerprint density at radius 1 is 1.50 bits per heavy atom. The number of anilines is 1. The molecule has 0 aliphatic rings. The summed E-state index contributed by atoms with van der Waals surface area (Å²) in [6.45, 7) is 0. The second-order valence-electron chi connectivity index (χ2n) is 2.26. The quantitative estimate of drug-likeness (QED) is 0.733. The highest BCUT2D eigenvalue weighted by atomic mass is 19.4. The number of halogens is 3. The summed E-state index contributed by atoms with van der Waals surface area (Å²) < 4.78 is 36.1. The fourth-order valence-corrected chi connectivity index (χ4v) is 0.697. The van der Waals surface area contributed by atoms with Crippen molar-refractivity contribution in [2.45, 2.75) is 6.18 Å². The molecule has 0 saturated carbocycles. The van der Waals surface area contributed by atoms with E-state index in [2.05, 4.69) is 10.2 Å². The predicted molar refractivity (Wildman–Crippen MR) is 38.7 cm³/mol. The fraction of sp³-hybridized carbons (Fsp3) is 0.167. The molecule has 0 bridgehead atoms. The summed E-state index contributed by atoms with van der Waals surface area (Å²) in [6.07, 6.45) is -5.22. The fourth-order valence-electron chi connectivity index (χ4n) is 0.697. The highest BCUT2D eigenvalue weighted by molar-refractivity contribution is 5.82. The maximum Gasteiger partial charge on any atom is 0.435 e. The van der Waals surface area contributed by atoms with E-state index in [1.54, 1.807) is 5.32 Å². The van der Waals surface area contributed by atoms with Gasteiger partial charge in [0.15, 0.2) is 5.69 Å². The Morgan fingerprint density at radius 3 is 2.64 bits per heavy atom. The van der Waals surface area contributed by atoms with Gasteiger partial charge in [0, 0.05) is 0 Å². The summed E-state index contributed by atoms with van der Waals surface area (Å²) in [5, 5.41) is 15.8. The van der Waals surface area contributed by atoms with Crippen LogP contribution in [0.5, 0.6) is 0 Å². The molecule has 1 rings (SSSR count). The number of rotatable bonds is 1. The Labute approximate surface area is 75.6 Å². The zero-order valence-electron chi connectivity index (χ0n) is 6.54. The van der Waals surface area contributed by atoms with Crippen molar-refractivity contribution in [3.63, 3.8) is 0 Å². The number of amides is 1. The van der Waals surface area contributed by atoms with Gasteiger partial charge >= 0.3 is 12.3 Å². The Balaban J connectivity index is 2.95. The maximum atomic E-state index is 12.0. The van der Waals surface area contributed by atoms with Crippen LogP contribution in [-0.2, 0) is 6.18 Å². The van der Waals surface area contributed by atoms with Gasteiger partial charge in [-0.15, -0.1) is 5.10 Å². The average molecular weight is 207 g/mol. The number of nitrogens with one attached hydrogen (secondary N) is 1. The van der Waals surface area contributed by atoms with Crippen LogP contribution in [0.25, 0.3) is 0 Å². The summed E-state index contributed by atoms with van der Waals surface area (Å²) in [7, 11) is 0. The standard InChI is InChI=1S/C6H4F3N3O2/c7-6(8,9)4-1-3(2-10-12-4)11-5(13)14/h1-2H,(H,11,12)(H,13,14). The molecule has 2 N–H and O–H groups in total. The first kappa shape index (κ1) is 10.2. The maximum absolute atomic E-state index is 12.0. The number of hydrogen-bond donors (Lipinski definition) is 2. The number of nitrogens with zero attached hydrogens (tertiary/aromatic N) is 2. The summed E-state index contributed by atoms with van der Waals surface area (Å²) in [5.41, 5.74) is -1.52. The molecule has 0 aromatic carbocycles. The molecule has 0 saturated heterocycles. The Kier molecular flexibility index (Phi) is 2.54. The minimum absolute atomic E-state index is 0.278. The van der Waals surface area contributed by atoms with Crippen molar-refractivity contribution < 1.29 is 23.1 Å². The number of aromatic nitrogens is 2. The Hall–Kier alpha value is -1.86. The zero-order valence-corrected chi connectivity index (χ0v) is 6.54. The van der Waals surface area contributed by atoms with Crippen LogP contribution in [0, 0.1) is 0 Å². The van der Waals surface area contributed by atoms with Crippen molar-refractivity contribution in [3.05, 3.63) is 18.0 Å². The van der Waals surface area contributed by atoms with Gasteiger partial charge in [-0.3, -0.25) is 5.32 Å².